The first-order valence-electron chi connectivity index (χ1n) is 6.06. The number of anilines is 2. The van der Waals surface area contributed by atoms with Crippen molar-refractivity contribution >= 4 is 28.7 Å². The highest BCUT2D eigenvalue weighted by Crippen LogP contribution is 2.18. The smallest absolute Gasteiger partial charge is 0.175 e. The number of rotatable bonds is 2. The second-order valence-electron chi connectivity index (χ2n) is 4.52. The Kier molecular flexibility index (Phi) is 4.29. The average molecular weight is 292 g/mol. The fraction of sp³-hybridized carbons (Fsp3) is 0.133. The zero-order valence-corrected chi connectivity index (χ0v) is 11.9. The van der Waals surface area contributed by atoms with E-state index in [2.05, 4.69) is 10.6 Å². The quantitative estimate of drug-likeness (QED) is 0.803. The van der Waals surface area contributed by atoms with E-state index in [1.165, 1.54) is 0 Å². The maximum Gasteiger partial charge on any atom is 0.175 e. The second kappa shape index (κ2) is 5.96. The summed E-state index contributed by atoms with van der Waals surface area (Å²) in [5, 5.41) is 5.84. The molecule has 0 saturated carbocycles. The van der Waals surface area contributed by atoms with Gasteiger partial charge in [-0.15, -0.1) is 0 Å². The largest absolute Gasteiger partial charge is 0.332 e. The molecule has 0 unspecified atom stereocenters. The van der Waals surface area contributed by atoms with Crippen LogP contribution in [-0.4, -0.2) is 5.11 Å². The lowest BCUT2D eigenvalue weighted by molar-refractivity contribution is 0.604. The van der Waals surface area contributed by atoms with Gasteiger partial charge in [-0.1, -0.05) is 12.1 Å². The van der Waals surface area contributed by atoms with Crippen molar-refractivity contribution in [3.8, 4) is 0 Å². The first kappa shape index (κ1) is 14.4. The van der Waals surface area contributed by atoms with Crippen LogP contribution in [0.15, 0.2) is 36.4 Å². The Labute approximate surface area is 121 Å². The standard InChI is InChI=1S/C15H14F2N2S/c1-9-3-4-10(2)13(7-9)18-15(20)19-14-8-11(16)5-6-12(14)17/h3-8H,1-2H3,(H2,18,19,20). The van der Waals surface area contributed by atoms with Crippen LogP contribution in [0, 0.1) is 25.5 Å². The molecule has 0 fully saturated rings. The van der Waals surface area contributed by atoms with Gasteiger partial charge in [0.15, 0.2) is 5.11 Å². The summed E-state index contributed by atoms with van der Waals surface area (Å²) in [4.78, 5) is 0. The van der Waals surface area contributed by atoms with Gasteiger partial charge in [-0.3, -0.25) is 0 Å². The molecule has 0 aliphatic rings. The third kappa shape index (κ3) is 3.51. The minimum Gasteiger partial charge on any atom is -0.332 e. The third-order valence-electron chi connectivity index (χ3n) is 2.82. The van der Waals surface area contributed by atoms with E-state index in [4.69, 9.17) is 12.2 Å². The van der Waals surface area contributed by atoms with Crippen LogP contribution < -0.4 is 10.6 Å². The predicted molar refractivity (Wildman–Crippen MR) is 82.1 cm³/mol. The number of aryl methyl sites for hydroxylation is 2. The Morgan fingerprint density at radius 2 is 1.65 bits per heavy atom. The molecular weight excluding hydrogens is 278 g/mol. The van der Waals surface area contributed by atoms with Crippen LogP contribution in [0.25, 0.3) is 0 Å². The molecule has 2 aromatic carbocycles. The summed E-state index contributed by atoms with van der Waals surface area (Å²) in [7, 11) is 0. The van der Waals surface area contributed by atoms with Crippen molar-refractivity contribution in [2.45, 2.75) is 13.8 Å². The molecular formula is C15H14F2N2S. The Balaban J connectivity index is 2.13. The lowest BCUT2D eigenvalue weighted by Crippen LogP contribution is -2.20. The van der Waals surface area contributed by atoms with Gasteiger partial charge < -0.3 is 10.6 Å². The van der Waals surface area contributed by atoms with E-state index < -0.39 is 11.6 Å². The molecule has 2 aromatic rings. The normalized spacial score (nSPS) is 10.2. The lowest BCUT2D eigenvalue weighted by atomic mass is 10.1. The van der Waals surface area contributed by atoms with Crippen LogP contribution in [0.1, 0.15) is 11.1 Å². The van der Waals surface area contributed by atoms with E-state index >= 15 is 0 Å². The van der Waals surface area contributed by atoms with Crippen LogP contribution in [0.4, 0.5) is 20.2 Å². The number of hydrogen-bond donors (Lipinski definition) is 2. The average Bonchev–Trinajstić information content (AvgIpc) is 2.38. The highest BCUT2D eigenvalue weighted by molar-refractivity contribution is 7.80. The minimum atomic E-state index is -0.559. The van der Waals surface area contributed by atoms with Crippen molar-refractivity contribution in [3.63, 3.8) is 0 Å². The first-order valence-corrected chi connectivity index (χ1v) is 6.47. The van der Waals surface area contributed by atoms with Gasteiger partial charge in [0.1, 0.15) is 11.6 Å². The molecule has 0 radical (unpaired) electrons. The number of benzene rings is 2. The molecule has 0 bridgehead atoms. The summed E-state index contributed by atoms with van der Waals surface area (Å²) in [6.45, 7) is 3.90. The molecule has 2 N–H and O–H groups in total. The number of thiocarbonyl (C=S) groups is 1. The van der Waals surface area contributed by atoms with Gasteiger partial charge in [-0.25, -0.2) is 8.78 Å². The maximum absolute atomic E-state index is 13.5. The summed E-state index contributed by atoms with van der Waals surface area (Å²) in [6, 6.07) is 9.06. The molecule has 104 valence electrons. The fourth-order valence-corrected chi connectivity index (χ4v) is 1.96. The summed E-state index contributed by atoms with van der Waals surface area (Å²) in [5.41, 5.74) is 2.93. The van der Waals surface area contributed by atoms with E-state index in [0.717, 1.165) is 35.0 Å². The molecule has 0 saturated heterocycles. The monoisotopic (exact) mass is 292 g/mol. The second-order valence-corrected chi connectivity index (χ2v) is 4.93. The summed E-state index contributed by atoms with van der Waals surface area (Å²) in [6.07, 6.45) is 0. The summed E-state index contributed by atoms with van der Waals surface area (Å²) >= 11 is 5.11. The Morgan fingerprint density at radius 3 is 2.40 bits per heavy atom. The SMILES string of the molecule is Cc1ccc(C)c(NC(=S)Nc2cc(F)ccc2F)c1. The molecule has 2 nitrogen and oxygen atoms in total. The van der Waals surface area contributed by atoms with Gasteiger partial charge in [0.2, 0.25) is 0 Å². The lowest BCUT2D eigenvalue weighted by Gasteiger charge is -2.13. The molecule has 2 rings (SSSR count). The molecule has 0 atom stereocenters. The zero-order chi connectivity index (χ0) is 14.7. The van der Waals surface area contributed by atoms with Gasteiger partial charge in [0, 0.05) is 11.8 Å². The van der Waals surface area contributed by atoms with Gasteiger partial charge in [-0.05, 0) is 55.4 Å². The molecule has 5 heteroatoms. The first-order chi connectivity index (χ1) is 9.45. The third-order valence-corrected chi connectivity index (χ3v) is 3.02. The molecule has 0 amide bonds. The number of halogens is 2. The van der Waals surface area contributed by atoms with E-state index in [1.807, 2.05) is 32.0 Å². The van der Waals surface area contributed by atoms with E-state index in [1.54, 1.807) is 0 Å². The number of hydrogen-bond acceptors (Lipinski definition) is 1. The molecule has 0 aromatic heterocycles. The van der Waals surface area contributed by atoms with Gasteiger partial charge in [0.25, 0.3) is 0 Å². The van der Waals surface area contributed by atoms with E-state index in [-0.39, 0.29) is 10.8 Å². The molecule has 20 heavy (non-hydrogen) atoms. The number of nitrogens with one attached hydrogen (secondary N) is 2. The fourth-order valence-electron chi connectivity index (χ4n) is 1.74. The van der Waals surface area contributed by atoms with Crippen molar-refractivity contribution in [2.75, 3.05) is 10.6 Å². The maximum atomic E-state index is 13.5. The summed E-state index contributed by atoms with van der Waals surface area (Å²) < 4.78 is 26.6. The van der Waals surface area contributed by atoms with Crippen molar-refractivity contribution in [1.29, 1.82) is 0 Å². The minimum absolute atomic E-state index is 0.00723. The van der Waals surface area contributed by atoms with Crippen molar-refractivity contribution in [2.24, 2.45) is 0 Å². The van der Waals surface area contributed by atoms with Gasteiger partial charge in [0.05, 0.1) is 5.69 Å². The summed E-state index contributed by atoms with van der Waals surface area (Å²) in [5.74, 6) is -1.08. The van der Waals surface area contributed by atoms with Crippen molar-refractivity contribution < 1.29 is 8.78 Å². The molecule has 0 aliphatic heterocycles. The zero-order valence-electron chi connectivity index (χ0n) is 11.1. The molecule has 0 spiro atoms. The Morgan fingerprint density at radius 1 is 0.950 bits per heavy atom. The molecule has 0 aliphatic carbocycles. The van der Waals surface area contributed by atoms with Crippen LogP contribution in [-0.2, 0) is 0 Å². The van der Waals surface area contributed by atoms with Gasteiger partial charge in [-0.2, -0.15) is 0 Å². The molecule has 0 heterocycles. The highest BCUT2D eigenvalue weighted by Gasteiger charge is 2.07. The van der Waals surface area contributed by atoms with Crippen molar-refractivity contribution in [3.05, 3.63) is 59.2 Å². The van der Waals surface area contributed by atoms with Crippen LogP contribution in [0.5, 0.6) is 0 Å². The van der Waals surface area contributed by atoms with Crippen LogP contribution in [0.3, 0.4) is 0 Å². The van der Waals surface area contributed by atoms with Crippen LogP contribution in [0.2, 0.25) is 0 Å². The highest BCUT2D eigenvalue weighted by atomic mass is 32.1. The van der Waals surface area contributed by atoms with Gasteiger partial charge >= 0.3 is 0 Å². The van der Waals surface area contributed by atoms with Crippen LogP contribution >= 0.6 is 12.2 Å². The van der Waals surface area contributed by atoms with E-state index in [0.29, 0.717) is 0 Å². The topological polar surface area (TPSA) is 24.1 Å². The van der Waals surface area contributed by atoms with Crippen molar-refractivity contribution in [1.82, 2.24) is 0 Å². The van der Waals surface area contributed by atoms with E-state index in [9.17, 15) is 8.78 Å². The Hall–Kier alpha value is -2.01. The Bertz CT molecular complexity index is 601. The predicted octanol–water partition coefficient (Wildman–Crippen LogP) is 4.39.